The van der Waals surface area contributed by atoms with Gasteiger partial charge in [0.15, 0.2) is 5.17 Å². The first kappa shape index (κ1) is 23.2. The molecule has 0 aliphatic carbocycles. The molecule has 4 rings (SSSR count). The summed E-state index contributed by atoms with van der Waals surface area (Å²) in [5.74, 6) is -0.0522. The van der Waals surface area contributed by atoms with E-state index < -0.39 is 6.04 Å². The maximum absolute atomic E-state index is 13.2. The minimum absolute atomic E-state index is 0.0428. The molecule has 3 heterocycles. The maximum atomic E-state index is 13.2. The van der Waals surface area contributed by atoms with Crippen molar-refractivity contribution >= 4 is 57.5 Å². The van der Waals surface area contributed by atoms with Crippen molar-refractivity contribution in [3.63, 3.8) is 0 Å². The maximum Gasteiger partial charge on any atom is 0.259 e. The zero-order valence-electron chi connectivity index (χ0n) is 18.4. The minimum Gasteiger partial charge on any atom is -0.353 e. The van der Waals surface area contributed by atoms with Gasteiger partial charge in [0.25, 0.3) is 5.91 Å². The molecule has 2 N–H and O–H groups in total. The summed E-state index contributed by atoms with van der Waals surface area (Å²) < 4.78 is 0. The third kappa shape index (κ3) is 5.33. The lowest BCUT2D eigenvalue weighted by Gasteiger charge is -2.25. The quantitative estimate of drug-likeness (QED) is 0.602. The van der Waals surface area contributed by atoms with Gasteiger partial charge in [-0.2, -0.15) is 0 Å². The fraction of sp³-hybridized carbons (Fsp3) is 0.348. The zero-order valence-corrected chi connectivity index (χ0v) is 20.0. The molecule has 33 heavy (non-hydrogen) atoms. The van der Waals surface area contributed by atoms with Crippen LogP contribution in [0.25, 0.3) is 0 Å². The van der Waals surface area contributed by atoms with Crippen LogP contribution < -0.4 is 10.6 Å². The topological polar surface area (TPSA) is 103 Å². The van der Waals surface area contributed by atoms with Crippen LogP contribution in [-0.4, -0.2) is 51.5 Å². The summed E-state index contributed by atoms with van der Waals surface area (Å²) >= 11 is 2.76. The molecule has 0 fully saturated rings. The molecule has 0 spiro atoms. The van der Waals surface area contributed by atoms with E-state index in [-0.39, 0.29) is 35.9 Å². The minimum atomic E-state index is -0.825. The zero-order chi connectivity index (χ0) is 23.4. The second-order valence-electron chi connectivity index (χ2n) is 7.78. The first-order valence-electron chi connectivity index (χ1n) is 10.8. The van der Waals surface area contributed by atoms with Crippen LogP contribution in [0.15, 0.2) is 51.8 Å². The van der Waals surface area contributed by atoms with Gasteiger partial charge in [-0.05, 0) is 36.9 Å². The van der Waals surface area contributed by atoms with E-state index in [9.17, 15) is 14.4 Å². The molecule has 2 aliphatic heterocycles. The number of carbonyl (C=O) groups is 3. The number of fused-ring (bicyclic) bond motifs is 3. The molecular formula is C23H25N5O3S2. The van der Waals surface area contributed by atoms with Crippen LogP contribution >= 0.6 is 23.1 Å². The normalized spacial score (nSPS) is 17.6. The highest BCUT2D eigenvalue weighted by Crippen LogP contribution is 2.34. The lowest BCUT2D eigenvalue weighted by Crippen LogP contribution is -2.42. The lowest BCUT2D eigenvalue weighted by atomic mass is 10.1. The Balaban J connectivity index is 1.48. The van der Waals surface area contributed by atoms with Gasteiger partial charge in [0, 0.05) is 16.5 Å². The second-order valence-corrected chi connectivity index (χ2v) is 9.75. The SMILES string of the molecule is CC[C@H](C)NC(=O)CSC1=Nc2ccccc2C2=N[C@H](CC(=O)NCc3cccs3)C(=O)N12. The van der Waals surface area contributed by atoms with E-state index in [4.69, 9.17) is 0 Å². The number of amidine groups is 2. The Labute approximate surface area is 200 Å². The smallest absolute Gasteiger partial charge is 0.259 e. The molecular weight excluding hydrogens is 458 g/mol. The van der Waals surface area contributed by atoms with E-state index in [0.29, 0.717) is 23.2 Å². The molecule has 3 amide bonds. The first-order chi connectivity index (χ1) is 16.0. The predicted molar refractivity (Wildman–Crippen MR) is 132 cm³/mol. The van der Waals surface area contributed by atoms with Crippen molar-refractivity contribution in [1.82, 2.24) is 15.5 Å². The van der Waals surface area contributed by atoms with Crippen molar-refractivity contribution in [1.29, 1.82) is 0 Å². The molecule has 10 heteroatoms. The molecule has 2 atom stereocenters. The fourth-order valence-corrected chi connectivity index (χ4v) is 4.88. The van der Waals surface area contributed by atoms with Crippen LogP contribution in [0, 0.1) is 0 Å². The molecule has 1 aromatic carbocycles. The first-order valence-corrected chi connectivity index (χ1v) is 12.6. The van der Waals surface area contributed by atoms with Crippen LogP contribution in [0.1, 0.15) is 37.1 Å². The van der Waals surface area contributed by atoms with Crippen molar-refractivity contribution in [2.24, 2.45) is 9.98 Å². The number of thiophene rings is 1. The Morgan fingerprint density at radius 1 is 1.21 bits per heavy atom. The molecule has 0 radical (unpaired) electrons. The lowest BCUT2D eigenvalue weighted by molar-refractivity contribution is -0.128. The fourth-order valence-electron chi connectivity index (χ4n) is 3.43. The number of amides is 3. The van der Waals surface area contributed by atoms with Gasteiger partial charge in [-0.1, -0.05) is 36.9 Å². The number of hydrogen-bond donors (Lipinski definition) is 2. The van der Waals surface area contributed by atoms with E-state index in [0.717, 1.165) is 16.9 Å². The van der Waals surface area contributed by atoms with Crippen molar-refractivity contribution in [3.8, 4) is 0 Å². The Hall–Kier alpha value is -2.98. The Kier molecular flexibility index (Phi) is 7.24. The number of carbonyl (C=O) groups excluding carboxylic acids is 3. The number of benzene rings is 1. The number of nitrogens with zero attached hydrogens (tertiary/aromatic N) is 3. The number of nitrogens with one attached hydrogen (secondary N) is 2. The second kappa shape index (κ2) is 10.3. The molecule has 2 aliphatic rings. The molecule has 172 valence electrons. The van der Waals surface area contributed by atoms with Gasteiger partial charge in [-0.15, -0.1) is 11.3 Å². The molecule has 0 saturated carbocycles. The Morgan fingerprint density at radius 3 is 2.79 bits per heavy atom. The molecule has 2 aromatic rings. The van der Waals surface area contributed by atoms with Crippen LogP contribution in [0.4, 0.5) is 5.69 Å². The van der Waals surface area contributed by atoms with E-state index in [2.05, 4.69) is 20.6 Å². The van der Waals surface area contributed by atoms with E-state index in [1.54, 1.807) is 11.3 Å². The van der Waals surface area contributed by atoms with Gasteiger partial charge >= 0.3 is 0 Å². The number of thioether (sulfide) groups is 1. The van der Waals surface area contributed by atoms with Gasteiger partial charge in [-0.3, -0.25) is 19.4 Å². The summed E-state index contributed by atoms with van der Waals surface area (Å²) in [6, 6.07) is 10.6. The largest absolute Gasteiger partial charge is 0.353 e. The number of aliphatic imine (C=N–C) groups is 2. The number of rotatable bonds is 8. The van der Waals surface area contributed by atoms with E-state index in [1.165, 1.54) is 16.7 Å². The van der Waals surface area contributed by atoms with Gasteiger partial charge in [0.2, 0.25) is 11.8 Å². The summed E-state index contributed by atoms with van der Waals surface area (Å²) in [6.45, 7) is 4.37. The van der Waals surface area contributed by atoms with Crippen LogP contribution in [0.5, 0.6) is 0 Å². The summed E-state index contributed by atoms with van der Waals surface area (Å²) in [5.41, 5.74) is 1.42. The van der Waals surface area contributed by atoms with Crippen molar-refractivity contribution in [2.75, 3.05) is 5.75 Å². The summed E-state index contributed by atoms with van der Waals surface area (Å²) in [5, 5.41) is 8.12. The highest BCUT2D eigenvalue weighted by atomic mass is 32.2. The van der Waals surface area contributed by atoms with Crippen LogP contribution in [0.3, 0.4) is 0 Å². The monoisotopic (exact) mass is 483 g/mol. The van der Waals surface area contributed by atoms with Crippen LogP contribution in [0.2, 0.25) is 0 Å². The highest BCUT2D eigenvalue weighted by molar-refractivity contribution is 8.14. The standard InChI is InChI=1S/C23H25N5O3S2/c1-3-14(2)25-20(30)13-33-23-27-17-9-5-4-8-16(17)21-26-18(22(31)28(21)23)11-19(29)24-12-15-7-6-10-32-15/h4-10,14,18H,3,11-13H2,1-2H3,(H,24,29)(H,25,30)/t14-,18+/m0/s1. The van der Waals surface area contributed by atoms with Gasteiger partial charge in [0.1, 0.15) is 11.9 Å². The highest BCUT2D eigenvalue weighted by Gasteiger charge is 2.42. The van der Waals surface area contributed by atoms with Crippen molar-refractivity contribution < 1.29 is 14.4 Å². The van der Waals surface area contributed by atoms with Gasteiger partial charge in [-0.25, -0.2) is 9.89 Å². The summed E-state index contributed by atoms with van der Waals surface area (Å²) in [6.07, 6.45) is 0.793. The van der Waals surface area contributed by atoms with Crippen LogP contribution in [-0.2, 0) is 20.9 Å². The predicted octanol–water partition coefficient (Wildman–Crippen LogP) is 3.06. The third-order valence-electron chi connectivity index (χ3n) is 5.32. The average molecular weight is 484 g/mol. The number of para-hydroxylation sites is 1. The van der Waals surface area contributed by atoms with Crippen molar-refractivity contribution in [3.05, 3.63) is 52.2 Å². The van der Waals surface area contributed by atoms with E-state index in [1.807, 2.05) is 55.6 Å². The van der Waals surface area contributed by atoms with Crippen molar-refractivity contribution in [2.45, 2.75) is 45.3 Å². The molecule has 0 bridgehead atoms. The Bertz CT molecular complexity index is 1110. The molecule has 0 saturated heterocycles. The van der Waals surface area contributed by atoms with E-state index >= 15 is 0 Å². The molecule has 0 unspecified atom stereocenters. The summed E-state index contributed by atoms with van der Waals surface area (Å²) in [7, 11) is 0. The number of hydrogen-bond acceptors (Lipinski definition) is 7. The summed E-state index contributed by atoms with van der Waals surface area (Å²) in [4.78, 5) is 49.7. The average Bonchev–Trinajstić information content (AvgIpc) is 3.44. The van der Waals surface area contributed by atoms with Gasteiger partial charge < -0.3 is 10.6 Å². The third-order valence-corrected chi connectivity index (χ3v) is 7.13. The molecule has 8 nitrogen and oxygen atoms in total. The Morgan fingerprint density at radius 2 is 2.03 bits per heavy atom. The molecule has 1 aromatic heterocycles. The van der Waals surface area contributed by atoms with Gasteiger partial charge in [0.05, 0.1) is 24.4 Å².